The summed E-state index contributed by atoms with van der Waals surface area (Å²) in [7, 11) is 1.79. The van der Waals surface area contributed by atoms with E-state index in [1.54, 1.807) is 36.2 Å². The zero-order valence-corrected chi connectivity index (χ0v) is 11.7. The SMILES string of the molecule is CCC(CC)N(C)C(=O)COc1ccccc1C#N. The lowest BCUT2D eigenvalue weighted by Gasteiger charge is -2.26. The van der Waals surface area contributed by atoms with Gasteiger partial charge in [-0.1, -0.05) is 26.0 Å². The zero-order chi connectivity index (χ0) is 14.3. The second kappa shape index (κ2) is 7.42. The molecule has 0 spiro atoms. The number of likely N-dealkylation sites (N-methyl/N-ethyl adjacent to an activating group) is 1. The van der Waals surface area contributed by atoms with E-state index in [1.807, 2.05) is 6.07 Å². The highest BCUT2D eigenvalue weighted by molar-refractivity contribution is 5.77. The molecule has 0 N–H and O–H groups in total. The molecule has 0 saturated carbocycles. The summed E-state index contributed by atoms with van der Waals surface area (Å²) in [5, 5.41) is 8.93. The van der Waals surface area contributed by atoms with Gasteiger partial charge in [-0.15, -0.1) is 0 Å². The minimum atomic E-state index is -0.0681. The van der Waals surface area contributed by atoms with Gasteiger partial charge in [-0.3, -0.25) is 4.79 Å². The monoisotopic (exact) mass is 260 g/mol. The van der Waals surface area contributed by atoms with Crippen molar-refractivity contribution in [2.24, 2.45) is 0 Å². The van der Waals surface area contributed by atoms with Crippen molar-refractivity contribution >= 4 is 5.91 Å². The number of carbonyl (C=O) groups excluding carboxylic acids is 1. The van der Waals surface area contributed by atoms with Gasteiger partial charge in [0.2, 0.25) is 0 Å². The minimum absolute atomic E-state index is 0.0360. The summed E-state index contributed by atoms with van der Waals surface area (Å²) in [6, 6.07) is 9.20. The molecule has 4 heteroatoms. The topological polar surface area (TPSA) is 53.3 Å². The van der Waals surface area contributed by atoms with Gasteiger partial charge in [0.15, 0.2) is 6.61 Å². The van der Waals surface area contributed by atoms with Crippen molar-refractivity contribution in [3.8, 4) is 11.8 Å². The van der Waals surface area contributed by atoms with Crippen LogP contribution in [0.15, 0.2) is 24.3 Å². The highest BCUT2D eigenvalue weighted by Crippen LogP contribution is 2.16. The summed E-state index contributed by atoms with van der Waals surface area (Å²) in [6.45, 7) is 4.08. The van der Waals surface area contributed by atoms with Crippen LogP contribution in [0.4, 0.5) is 0 Å². The van der Waals surface area contributed by atoms with Crippen LogP contribution >= 0.6 is 0 Å². The molecule has 0 unspecified atom stereocenters. The van der Waals surface area contributed by atoms with Gasteiger partial charge >= 0.3 is 0 Å². The first-order valence-electron chi connectivity index (χ1n) is 6.51. The van der Waals surface area contributed by atoms with Crippen LogP contribution in [-0.4, -0.2) is 30.5 Å². The first-order valence-corrected chi connectivity index (χ1v) is 6.51. The van der Waals surface area contributed by atoms with Gasteiger partial charge in [0, 0.05) is 13.1 Å². The first kappa shape index (κ1) is 15.0. The van der Waals surface area contributed by atoms with Crippen molar-refractivity contribution in [2.75, 3.05) is 13.7 Å². The number of hydrogen-bond acceptors (Lipinski definition) is 3. The van der Waals surface area contributed by atoms with Crippen molar-refractivity contribution < 1.29 is 9.53 Å². The molecule has 0 heterocycles. The predicted molar refractivity (Wildman–Crippen MR) is 73.8 cm³/mol. The van der Waals surface area contributed by atoms with E-state index in [4.69, 9.17) is 10.00 Å². The van der Waals surface area contributed by atoms with Crippen molar-refractivity contribution in [1.29, 1.82) is 5.26 Å². The molecule has 1 aromatic carbocycles. The Hall–Kier alpha value is -2.02. The summed E-state index contributed by atoms with van der Waals surface area (Å²) in [5.41, 5.74) is 0.445. The van der Waals surface area contributed by atoms with E-state index in [0.29, 0.717) is 11.3 Å². The van der Waals surface area contributed by atoms with E-state index in [2.05, 4.69) is 13.8 Å². The van der Waals surface area contributed by atoms with Gasteiger partial charge < -0.3 is 9.64 Å². The molecular weight excluding hydrogens is 240 g/mol. The molecule has 0 radical (unpaired) electrons. The smallest absolute Gasteiger partial charge is 0.260 e. The molecule has 1 amide bonds. The lowest BCUT2D eigenvalue weighted by Crippen LogP contribution is -2.39. The summed E-state index contributed by atoms with van der Waals surface area (Å²) < 4.78 is 5.44. The number of nitriles is 1. The molecule has 0 aliphatic heterocycles. The fourth-order valence-corrected chi connectivity index (χ4v) is 1.97. The van der Waals surface area contributed by atoms with E-state index in [9.17, 15) is 4.79 Å². The van der Waals surface area contributed by atoms with Crippen LogP contribution in [0.3, 0.4) is 0 Å². The number of nitrogens with zero attached hydrogens (tertiary/aromatic N) is 2. The predicted octanol–water partition coefficient (Wildman–Crippen LogP) is 2.58. The van der Waals surface area contributed by atoms with Crippen molar-refractivity contribution in [3.63, 3.8) is 0 Å². The van der Waals surface area contributed by atoms with Crippen LogP contribution in [-0.2, 0) is 4.79 Å². The molecule has 0 atom stereocenters. The highest BCUT2D eigenvalue weighted by atomic mass is 16.5. The molecule has 0 aromatic heterocycles. The third kappa shape index (κ3) is 3.99. The summed E-state index contributed by atoms with van der Waals surface area (Å²) >= 11 is 0. The molecule has 1 rings (SSSR count). The third-order valence-corrected chi connectivity index (χ3v) is 3.24. The number of rotatable bonds is 6. The maximum absolute atomic E-state index is 12.0. The molecule has 0 aliphatic rings. The van der Waals surface area contributed by atoms with Crippen LogP contribution in [0.2, 0.25) is 0 Å². The van der Waals surface area contributed by atoms with Crippen LogP contribution in [0.25, 0.3) is 0 Å². The second-order valence-corrected chi connectivity index (χ2v) is 4.37. The number of ether oxygens (including phenoxy) is 1. The van der Waals surface area contributed by atoms with Crippen molar-refractivity contribution in [1.82, 2.24) is 4.90 Å². The van der Waals surface area contributed by atoms with Gasteiger partial charge in [0.25, 0.3) is 5.91 Å². The molecule has 19 heavy (non-hydrogen) atoms. The molecule has 0 bridgehead atoms. The average molecular weight is 260 g/mol. The van der Waals surface area contributed by atoms with Crippen LogP contribution in [0.1, 0.15) is 32.3 Å². The van der Waals surface area contributed by atoms with Crippen LogP contribution < -0.4 is 4.74 Å². The van der Waals surface area contributed by atoms with Crippen molar-refractivity contribution in [3.05, 3.63) is 29.8 Å². The number of benzene rings is 1. The van der Waals surface area contributed by atoms with Gasteiger partial charge in [0.1, 0.15) is 11.8 Å². The fraction of sp³-hybridized carbons (Fsp3) is 0.467. The molecular formula is C15H20N2O2. The normalized spacial score (nSPS) is 10.1. The van der Waals surface area contributed by atoms with Crippen LogP contribution in [0.5, 0.6) is 5.75 Å². The maximum atomic E-state index is 12.0. The van der Waals surface area contributed by atoms with E-state index < -0.39 is 0 Å². The Bertz CT molecular complexity index is 461. The average Bonchev–Trinajstić information content (AvgIpc) is 2.46. The van der Waals surface area contributed by atoms with E-state index >= 15 is 0 Å². The Labute approximate surface area is 114 Å². The number of hydrogen-bond donors (Lipinski definition) is 0. The van der Waals surface area contributed by atoms with Crippen molar-refractivity contribution in [2.45, 2.75) is 32.7 Å². The molecule has 0 aliphatic carbocycles. The van der Waals surface area contributed by atoms with E-state index in [0.717, 1.165) is 12.8 Å². The molecule has 0 fully saturated rings. The van der Waals surface area contributed by atoms with Crippen LogP contribution in [0, 0.1) is 11.3 Å². The third-order valence-electron chi connectivity index (χ3n) is 3.24. The number of para-hydroxylation sites is 1. The van der Waals surface area contributed by atoms with Gasteiger partial charge in [-0.05, 0) is 25.0 Å². The lowest BCUT2D eigenvalue weighted by atomic mass is 10.1. The summed E-state index contributed by atoms with van der Waals surface area (Å²) in [5.74, 6) is 0.387. The Balaban J connectivity index is 2.62. The van der Waals surface area contributed by atoms with E-state index in [-0.39, 0.29) is 18.6 Å². The number of carbonyl (C=O) groups is 1. The quantitative estimate of drug-likeness (QED) is 0.790. The standard InChI is InChI=1S/C15H20N2O2/c1-4-13(5-2)17(3)15(18)11-19-14-9-7-6-8-12(14)10-16/h6-9,13H,4-5,11H2,1-3H3. The fourth-order valence-electron chi connectivity index (χ4n) is 1.97. The Kier molecular flexibility index (Phi) is 5.87. The van der Waals surface area contributed by atoms with Gasteiger partial charge in [-0.2, -0.15) is 5.26 Å². The van der Waals surface area contributed by atoms with Gasteiger partial charge in [-0.25, -0.2) is 0 Å². The summed E-state index contributed by atoms with van der Waals surface area (Å²) in [4.78, 5) is 13.7. The molecule has 1 aromatic rings. The zero-order valence-electron chi connectivity index (χ0n) is 11.7. The Morgan fingerprint density at radius 3 is 2.58 bits per heavy atom. The minimum Gasteiger partial charge on any atom is -0.482 e. The molecule has 0 saturated heterocycles. The molecule has 4 nitrogen and oxygen atoms in total. The highest BCUT2D eigenvalue weighted by Gasteiger charge is 2.17. The Morgan fingerprint density at radius 2 is 2.00 bits per heavy atom. The summed E-state index contributed by atoms with van der Waals surface area (Å²) in [6.07, 6.45) is 1.85. The lowest BCUT2D eigenvalue weighted by molar-refractivity contribution is -0.134. The van der Waals surface area contributed by atoms with Gasteiger partial charge in [0.05, 0.1) is 5.56 Å². The number of amides is 1. The maximum Gasteiger partial charge on any atom is 0.260 e. The first-order chi connectivity index (χ1) is 9.13. The second-order valence-electron chi connectivity index (χ2n) is 4.37. The van der Waals surface area contributed by atoms with E-state index in [1.165, 1.54) is 0 Å². The molecule has 102 valence electrons. The Morgan fingerprint density at radius 1 is 1.37 bits per heavy atom. The largest absolute Gasteiger partial charge is 0.482 e.